The minimum atomic E-state index is 0.0137. The summed E-state index contributed by atoms with van der Waals surface area (Å²) < 4.78 is 5.94. The Morgan fingerprint density at radius 1 is 1.18 bits per heavy atom. The lowest BCUT2D eigenvalue weighted by Gasteiger charge is -2.25. The van der Waals surface area contributed by atoms with Crippen molar-refractivity contribution in [3.63, 3.8) is 0 Å². The second kappa shape index (κ2) is 6.09. The average Bonchev–Trinajstić information content (AvgIpc) is 2.99. The van der Waals surface area contributed by atoms with Crippen LogP contribution in [-0.4, -0.2) is 23.0 Å². The summed E-state index contributed by atoms with van der Waals surface area (Å²) in [6, 6.07) is 10.6. The molecule has 1 aliphatic rings. The molecule has 116 valence electrons. The Labute approximate surface area is 132 Å². The van der Waals surface area contributed by atoms with Crippen LogP contribution in [0.25, 0.3) is 5.57 Å². The number of hydrogen-bond donors (Lipinski definition) is 0. The van der Waals surface area contributed by atoms with Gasteiger partial charge in [0.15, 0.2) is 0 Å². The molecule has 0 aliphatic carbocycles. The Hall–Kier alpha value is -1.87. The van der Waals surface area contributed by atoms with Crippen LogP contribution in [-0.2, 0) is 12.0 Å². The Kier molecular flexibility index (Phi) is 4.16. The van der Waals surface area contributed by atoms with Gasteiger partial charge >= 0.3 is 0 Å². The van der Waals surface area contributed by atoms with E-state index in [1.807, 2.05) is 6.20 Å². The van der Waals surface area contributed by atoms with E-state index in [0.29, 0.717) is 0 Å². The fraction of sp³-hybridized carbons (Fsp3) is 0.421. The van der Waals surface area contributed by atoms with E-state index in [-0.39, 0.29) is 5.41 Å². The van der Waals surface area contributed by atoms with E-state index in [1.54, 1.807) is 0 Å². The number of oxazole rings is 1. The average molecular weight is 296 g/mol. The summed E-state index contributed by atoms with van der Waals surface area (Å²) in [5, 5.41) is 0. The van der Waals surface area contributed by atoms with Gasteiger partial charge in [0.2, 0.25) is 5.89 Å². The predicted octanol–water partition coefficient (Wildman–Crippen LogP) is 4.26. The van der Waals surface area contributed by atoms with Crippen LogP contribution in [0.4, 0.5) is 0 Å². The molecule has 2 heterocycles. The van der Waals surface area contributed by atoms with Crippen molar-refractivity contribution in [2.24, 2.45) is 0 Å². The normalized spacial score (nSPS) is 16.6. The molecule has 0 atom stereocenters. The lowest BCUT2D eigenvalue weighted by Crippen LogP contribution is -2.28. The Morgan fingerprint density at radius 3 is 2.55 bits per heavy atom. The van der Waals surface area contributed by atoms with Gasteiger partial charge in [0, 0.05) is 30.6 Å². The summed E-state index contributed by atoms with van der Waals surface area (Å²) in [4.78, 5) is 6.91. The van der Waals surface area contributed by atoms with Crippen molar-refractivity contribution < 1.29 is 4.42 Å². The Morgan fingerprint density at radius 2 is 1.95 bits per heavy atom. The zero-order chi connectivity index (χ0) is 15.6. The number of hydrogen-bond acceptors (Lipinski definition) is 3. The van der Waals surface area contributed by atoms with Gasteiger partial charge in [0.25, 0.3) is 0 Å². The van der Waals surface area contributed by atoms with E-state index in [2.05, 4.69) is 67.1 Å². The van der Waals surface area contributed by atoms with E-state index < -0.39 is 0 Å². The summed E-state index contributed by atoms with van der Waals surface area (Å²) in [6.07, 6.45) is 5.12. The summed E-state index contributed by atoms with van der Waals surface area (Å²) >= 11 is 0. The largest absolute Gasteiger partial charge is 0.441 e. The maximum absolute atomic E-state index is 5.94. The zero-order valence-corrected chi connectivity index (χ0v) is 13.7. The molecule has 3 rings (SSSR count). The monoisotopic (exact) mass is 296 g/mol. The van der Waals surface area contributed by atoms with Crippen LogP contribution in [0.15, 0.2) is 47.0 Å². The maximum atomic E-state index is 5.94. The molecule has 1 aliphatic heterocycles. The van der Waals surface area contributed by atoms with Crippen molar-refractivity contribution in [2.75, 3.05) is 13.1 Å². The third-order valence-electron chi connectivity index (χ3n) is 4.06. The highest BCUT2D eigenvalue weighted by molar-refractivity contribution is 5.59. The summed E-state index contributed by atoms with van der Waals surface area (Å²) in [5.74, 6) is 1.75. The number of nitrogens with zero attached hydrogens (tertiary/aromatic N) is 2. The van der Waals surface area contributed by atoms with Crippen LogP contribution < -0.4 is 0 Å². The first-order valence-corrected chi connectivity index (χ1v) is 7.94. The van der Waals surface area contributed by atoms with E-state index in [9.17, 15) is 0 Å². The molecule has 0 saturated heterocycles. The molecule has 1 aromatic carbocycles. The van der Waals surface area contributed by atoms with Gasteiger partial charge in [0.1, 0.15) is 5.76 Å². The van der Waals surface area contributed by atoms with Gasteiger partial charge < -0.3 is 4.42 Å². The second-order valence-corrected chi connectivity index (χ2v) is 6.98. The predicted molar refractivity (Wildman–Crippen MR) is 89.5 cm³/mol. The third-order valence-corrected chi connectivity index (χ3v) is 4.06. The Balaban J connectivity index is 1.65. The molecule has 0 N–H and O–H groups in total. The number of aromatic nitrogens is 1. The quantitative estimate of drug-likeness (QED) is 0.847. The van der Waals surface area contributed by atoms with Crippen molar-refractivity contribution >= 4 is 5.57 Å². The molecule has 22 heavy (non-hydrogen) atoms. The number of rotatable bonds is 3. The van der Waals surface area contributed by atoms with Gasteiger partial charge in [-0.2, -0.15) is 0 Å². The molecule has 0 saturated carbocycles. The molecule has 0 fully saturated rings. The zero-order valence-electron chi connectivity index (χ0n) is 13.7. The molecule has 0 unspecified atom stereocenters. The van der Waals surface area contributed by atoms with Crippen LogP contribution in [0.2, 0.25) is 0 Å². The lowest BCUT2D eigenvalue weighted by atomic mass is 9.94. The molecule has 0 spiro atoms. The fourth-order valence-corrected chi connectivity index (χ4v) is 2.66. The molecule has 2 aromatic rings. The van der Waals surface area contributed by atoms with Gasteiger partial charge in [-0.3, -0.25) is 4.90 Å². The first-order valence-electron chi connectivity index (χ1n) is 7.94. The van der Waals surface area contributed by atoms with Gasteiger partial charge in [-0.1, -0.05) is 57.2 Å². The van der Waals surface area contributed by atoms with Crippen LogP contribution in [0.3, 0.4) is 0 Å². The van der Waals surface area contributed by atoms with Crippen LogP contribution >= 0.6 is 0 Å². The molecular formula is C19H24N2O. The first kappa shape index (κ1) is 15.0. The van der Waals surface area contributed by atoms with E-state index >= 15 is 0 Å². The standard InChI is InChI=1S/C19H24N2O/c1-19(2,3)17-13-20-18(22-17)16-9-11-21(12-10-16)14-15-7-5-4-6-8-15/h4-9,13H,10-12,14H2,1-3H3. The lowest BCUT2D eigenvalue weighted by molar-refractivity contribution is 0.291. The molecule has 3 heteroatoms. The van der Waals surface area contributed by atoms with Gasteiger partial charge in [0.05, 0.1) is 6.20 Å². The highest BCUT2D eigenvalue weighted by Crippen LogP contribution is 2.28. The van der Waals surface area contributed by atoms with Gasteiger partial charge in [-0.25, -0.2) is 4.98 Å². The minimum absolute atomic E-state index is 0.0137. The van der Waals surface area contributed by atoms with Crippen molar-refractivity contribution in [3.8, 4) is 0 Å². The molecule has 1 aromatic heterocycles. The molecule has 0 bridgehead atoms. The smallest absolute Gasteiger partial charge is 0.221 e. The fourth-order valence-electron chi connectivity index (χ4n) is 2.66. The summed E-state index contributed by atoms with van der Waals surface area (Å²) in [5.41, 5.74) is 2.62. The molecule has 0 amide bonds. The topological polar surface area (TPSA) is 29.3 Å². The van der Waals surface area contributed by atoms with Gasteiger partial charge in [-0.05, 0) is 12.0 Å². The van der Waals surface area contributed by atoms with Crippen molar-refractivity contribution in [3.05, 3.63) is 59.8 Å². The SMILES string of the molecule is CC(C)(C)c1cnc(C2=CCN(Cc3ccccc3)CC2)o1. The second-order valence-electron chi connectivity index (χ2n) is 6.98. The van der Waals surface area contributed by atoms with Crippen molar-refractivity contribution in [2.45, 2.75) is 39.2 Å². The van der Waals surface area contributed by atoms with Gasteiger partial charge in [-0.15, -0.1) is 0 Å². The highest BCUT2D eigenvalue weighted by Gasteiger charge is 2.22. The minimum Gasteiger partial charge on any atom is -0.441 e. The molecular weight excluding hydrogens is 272 g/mol. The van der Waals surface area contributed by atoms with Crippen LogP contribution in [0, 0.1) is 0 Å². The van der Waals surface area contributed by atoms with Crippen LogP contribution in [0.5, 0.6) is 0 Å². The first-order chi connectivity index (χ1) is 10.5. The number of benzene rings is 1. The summed E-state index contributed by atoms with van der Waals surface area (Å²) in [7, 11) is 0. The summed E-state index contributed by atoms with van der Waals surface area (Å²) in [6.45, 7) is 9.45. The highest BCUT2D eigenvalue weighted by atomic mass is 16.4. The van der Waals surface area contributed by atoms with E-state index in [1.165, 1.54) is 11.1 Å². The van der Waals surface area contributed by atoms with Crippen molar-refractivity contribution in [1.29, 1.82) is 0 Å². The maximum Gasteiger partial charge on any atom is 0.221 e. The molecule has 0 radical (unpaired) electrons. The van der Waals surface area contributed by atoms with E-state index in [0.717, 1.165) is 37.7 Å². The molecule has 3 nitrogen and oxygen atoms in total. The Bertz CT molecular complexity index is 650. The van der Waals surface area contributed by atoms with Crippen molar-refractivity contribution in [1.82, 2.24) is 9.88 Å². The van der Waals surface area contributed by atoms with E-state index in [4.69, 9.17) is 4.42 Å². The van der Waals surface area contributed by atoms with Crippen LogP contribution in [0.1, 0.15) is 44.4 Å². The third kappa shape index (κ3) is 3.47.